The summed E-state index contributed by atoms with van der Waals surface area (Å²) in [5.41, 5.74) is 1.34. The van der Waals surface area contributed by atoms with E-state index in [4.69, 9.17) is 0 Å². The van der Waals surface area contributed by atoms with Crippen molar-refractivity contribution in [1.82, 2.24) is 24.4 Å². The van der Waals surface area contributed by atoms with Gasteiger partial charge in [-0.2, -0.15) is 4.98 Å². The number of hydrogen-bond donors (Lipinski definition) is 1. The van der Waals surface area contributed by atoms with Crippen LogP contribution in [0.5, 0.6) is 0 Å². The molecule has 1 N–H and O–H groups in total. The van der Waals surface area contributed by atoms with Crippen molar-refractivity contribution < 1.29 is 4.79 Å². The second-order valence-corrected chi connectivity index (χ2v) is 6.59. The molecule has 9 nitrogen and oxygen atoms in total. The number of amides is 1. The van der Waals surface area contributed by atoms with Gasteiger partial charge in [0.1, 0.15) is 12.4 Å². The first-order valence-electron chi connectivity index (χ1n) is 9.11. The minimum absolute atomic E-state index is 0.0115. The quantitative estimate of drug-likeness (QED) is 0.814. The highest BCUT2D eigenvalue weighted by Crippen LogP contribution is 2.15. The summed E-state index contributed by atoms with van der Waals surface area (Å²) in [7, 11) is 0. The van der Waals surface area contributed by atoms with Crippen molar-refractivity contribution in [2.24, 2.45) is 0 Å². The molecule has 1 aliphatic rings. The first-order valence-corrected chi connectivity index (χ1v) is 9.11. The third-order valence-electron chi connectivity index (χ3n) is 4.44. The van der Waals surface area contributed by atoms with Gasteiger partial charge in [-0.25, -0.2) is 9.97 Å². The highest BCUT2D eigenvalue weighted by molar-refractivity contribution is 5.76. The van der Waals surface area contributed by atoms with Gasteiger partial charge in [-0.1, -0.05) is 0 Å². The molecule has 1 fully saturated rings. The van der Waals surface area contributed by atoms with Crippen molar-refractivity contribution >= 4 is 17.7 Å². The van der Waals surface area contributed by atoms with Gasteiger partial charge in [0.15, 0.2) is 0 Å². The van der Waals surface area contributed by atoms with E-state index in [1.54, 1.807) is 11.8 Å². The Labute approximate surface area is 158 Å². The van der Waals surface area contributed by atoms with Crippen molar-refractivity contribution in [1.29, 1.82) is 0 Å². The molecule has 1 aliphatic heterocycles. The van der Waals surface area contributed by atoms with Crippen LogP contribution in [0.1, 0.15) is 18.3 Å². The number of carbonyl (C=O) groups excluding carboxylic acids is 1. The standard InChI is InChI=1S/C18H25N7O2/c1-4-19-15-9-14(3)21-18(22-15)24-7-5-23(6-8-24)17(27)11-25-12-20-13(2)10-16(25)26/h9-10,12H,4-8,11H2,1-3H3,(H,19,21,22). The first kappa shape index (κ1) is 18.8. The maximum atomic E-state index is 12.5. The van der Waals surface area contributed by atoms with E-state index >= 15 is 0 Å². The van der Waals surface area contributed by atoms with Crippen molar-refractivity contribution in [3.8, 4) is 0 Å². The van der Waals surface area contributed by atoms with E-state index in [9.17, 15) is 9.59 Å². The molecule has 1 saturated heterocycles. The monoisotopic (exact) mass is 371 g/mol. The number of aryl methyl sites for hydroxylation is 2. The average molecular weight is 371 g/mol. The molecule has 2 aromatic heterocycles. The van der Waals surface area contributed by atoms with Gasteiger partial charge in [0.05, 0.1) is 6.33 Å². The van der Waals surface area contributed by atoms with E-state index in [2.05, 4.69) is 25.2 Å². The zero-order valence-electron chi connectivity index (χ0n) is 16.0. The lowest BCUT2D eigenvalue weighted by atomic mass is 10.3. The molecule has 0 saturated carbocycles. The van der Waals surface area contributed by atoms with Crippen molar-refractivity contribution in [2.75, 3.05) is 42.9 Å². The fraction of sp³-hybridized carbons (Fsp3) is 0.500. The molecule has 0 aromatic carbocycles. The summed E-state index contributed by atoms with van der Waals surface area (Å²) in [6.07, 6.45) is 1.43. The molecule has 0 spiro atoms. The van der Waals surface area contributed by atoms with E-state index in [1.165, 1.54) is 17.0 Å². The van der Waals surface area contributed by atoms with Gasteiger partial charge < -0.3 is 15.1 Å². The summed E-state index contributed by atoms with van der Waals surface area (Å²) < 4.78 is 1.34. The fourth-order valence-electron chi connectivity index (χ4n) is 3.00. The zero-order valence-corrected chi connectivity index (χ0v) is 16.0. The molecule has 9 heteroatoms. The number of hydrogen-bond acceptors (Lipinski definition) is 7. The molecule has 2 aromatic rings. The van der Waals surface area contributed by atoms with Gasteiger partial charge in [0.2, 0.25) is 11.9 Å². The van der Waals surface area contributed by atoms with Crippen LogP contribution in [-0.2, 0) is 11.3 Å². The van der Waals surface area contributed by atoms with Crippen LogP contribution >= 0.6 is 0 Å². The van der Waals surface area contributed by atoms with E-state index in [0.29, 0.717) is 37.8 Å². The smallest absolute Gasteiger partial charge is 0.253 e. The Balaban J connectivity index is 1.61. The average Bonchev–Trinajstić information content (AvgIpc) is 2.64. The Hall–Kier alpha value is -2.97. The van der Waals surface area contributed by atoms with Gasteiger partial charge in [0, 0.05) is 56.2 Å². The van der Waals surface area contributed by atoms with Gasteiger partial charge in [-0.05, 0) is 20.8 Å². The molecular formula is C18H25N7O2. The Morgan fingerprint density at radius 3 is 2.52 bits per heavy atom. The summed E-state index contributed by atoms with van der Waals surface area (Å²) in [5, 5.41) is 3.21. The summed E-state index contributed by atoms with van der Waals surface area (Å²) >= 11 is 0. The number of nitrogens with zero attached hydrogens (tertiary/aromatic N) is 6. The summed E-state index contributed by atoms with van der Waals surface area (Å²) in [4.78, 5) is 41.5. The molecule has 144 valence electrons. The highest BCUT2D eigenvalue weighted by Gasteiger charge is 2.23. The van der Waals surface area contributed by atoms with E-state index in [1.807, 2.05) is 19.9 Å². The zero-order chi connectivity index (χ0) is 19.4. The number of anilines is 2. The van der Waals surface area contributed by atoms with Crippen LogP contribution in [-0.4, -0.2) is 63.0 Å². The summed E-state index contributed by atoms with van der Waals surface area (Å²) in [6.45, 7) is 8.98. The Bertz CT molecular complexity index is 872. The fourth-order valence-corrected chi connectivity index (χ4v) is 3.00. The van der Waals surface area contributed by atoms with Crippen LogP contribution in [0.2, 0.25) is 0 Å². The first-order chi connectivity index (χ1) is 13.0. The SMILES string of the molecule is CCNc1cc(C)nc(N2CCN(C(=O)Cn3cnc(C)cc3=O)CC2)n1. The summed E-state index contributed by atoms with van der Waals surface area (Å²) in [6, 6.07) is 3.35. The van der Waals surface area contributed by atoms with Gasteiger partial charge >= 0.3 is 0 Å². The molecule has 1 amide bonds. The van der Waals surface area contributed by atoms with Crippen molar-refractivity contribution in [2.45, 2.75) is 27.3 Å². The molecule has 0 bridgehead atoms. The number of piperazine rings is 1. The number of rotatable bonds is 5. The molecule has 27 heavy (non-hydrogen) atoms. The lowest BCUT2D eigenvalue weighted by molar-refractivity contribution is -0.132. The second kappa shape index (κ2) is 8.15. The number of nitrogens with one attached hydrogen (secondary N) is 1. The van der Waals surface area contributed by atoms with E-state index in [-0.39, 0.29) is 18.0 Å². The van der Waals surface area contributed by atoms with Crippen LogP contribution in [0, 0.1) is 13.8 Å². The van der Waals surface area contributed by atoms with Crippen LogP contribution in [0.3, 0.4) is 0 Å². The second-order valence-electron chi connectivity index (χ2n) is 6.59. The van der Waals surface area contributed by atoms with Crippen LogP contribution in [0.25, 0.3) is 0 Å². The van der Waals surface area contributed by atoms with Gasteiger partial charge in [-0.3, -0.25) is 14.2 Å². The van der Waals surface area contributed by atoms with Crippen molar-refractivity contribution in [3.63, 3.8) is 0 Å². The molecule has 3 heterocycles. The molecule has 0 aliphatic carbocycles. The maximum Gasteiger partial charge on any atom is 0.253 e. The van der Waals surface area contributed by atoms with Crippen LogP contribution in [0.4, 0.5) is 11.8 Å². The number of aromatic nitrogens is 4. The van der Waals surface area contributed by atoms with Crippen LogP contribution < -0.4 is 15.8 Å². The number of carbonyl (C=O) groups is 1. The predicted molar refractivity (Wildman–Crippen MR) is 103 cm³/mol. The third kappa shape index (κ3) is 4.60. The van der Waals surface area contributed by atoms with Gasteiger partial charge in [-0.15, -0.1) is 0 Å². The molecule has 0 radical (unpaired) electrons. The Morgan fingerprint density at radius 2 is 1.85 bits per heavy atom. The molecular weight excluding hydrogens is 346 g/mol. The highest BCUT2D eigenvalue weighted by atomic mass is 16.2. The lowest BCUT2D eigenvalue weighted by Crippen LogP contribution is -2.50. The Morgan fingerprint density at radius 1 is 1.11 bits per heavy atom. The topological polar surface area (TPSA) is 96.3 Å². The Kier molecular flexibility index (Phi) is 5.68. The minimum Gasteiger partial charge on any atom is -0.370 e. The molecule has 0 unspecified atom stereocenters. The van der Waals surface area contributed by atoms with Crippen molar-refractivity contribution in [3.05, 3.63) is 40.2 Å². The third-order valence-corrected chi connectivity index (χ3v) is 4.44. The minimum atomic E-state index is -0.210. The van der Waals surface area contributed by atoms with E-state index < -0.39 is 0 Å². The van der Waals surface area contributed by atoms with E-state index in [0.717, 1.165) is 18.1 Å². The largest absolute Gasteiger partial charge is 0.370 e. The predicted octanol–water partition coefficient (Wildman–Crippen LogP) is 0.431. The van der Waals surface area contributed by atoms with Crippen LogP contribution in [0.15, 0.2) is 23.3 Å². The van der Waals surface area contributed by atoms with Gasteiger partial charge in [0.25, 0.3) is 5.56 Å². The maximum absolute atomic E-state index is 12.5. The summed E-state index contributed by atoms with van der Waals surface area (Å²) in [5.74, 6) is 1.41. The molecule has 3 rings (SSSR count). The lowest BCUT2D eigenvalue weighted by Gasteiger charge is -2.35. The normalized spacial score (nSPS) is 14.3. The molecule has 0 atom stereocenters.